The first kappa shape index (κ1) is 10.9. The molecule has 1 N–H and O–H groups in total. The Morgan fingerprint density at radius 2 is 2.21 bits per heavy atom. The number of halogens is 3. The molecule has 76 valence electrons. The number of rotatable bonds is 3. The van der Waals surface area contributed by atoms with E-state index in [9.17, 15) is 13.6 Å². The fourth-order valence-corrected chi connectivity index (χ4v) is 1.07. The maximum absolute atomic E-state index is 12.6. The number of hydrogen-bond acceptors (Lipinski definition) is 2. The highest BCUT2D eigenvalue weighted by molar-refractivity contribution is 9.10. The van der Waals surface area contributed by atoms with Crippen molar-refractivity contribution in [2.24, 2.45) is 0 Å². The average molecular weight is 267 g/mol. The van der Waals surface area contributed by atoms with Gasteiger partial charge >= 0.3 is 12.3 Å². The van der Waals surface area contributed by atoms with Crippen molar-refractivity contribution in [3.8, 4) is 5.75 Å². The van der Waals surface area contributed by atoms with Crippen molar-refractivity contribution in [2.75, 3.05) is 0 Å². The predicted molar refractivity (Wildman–Crippen MR) is 47.3 cm³/mol. The van der Waals surface area contributed by atoms with E-state index in [1.165, 1.54) is 6.07 Å². The summed E-state index contributed by atoms with van der Waals surface area (Å²) in [6.45, 7) is 0. The minimum absolute atomic E-state index is 0.195. The Bertz CT molecular complexity index is 356. The fraction of sp³-hybridized carbons (Fsp3) is 0.125. The zero-order valence-corrected chi connectivity index (χ0v) is 8.29. The van der Waals surface area contributed by atoms with Gasteiger partial charge in [0.05, 0.1) is 4.47 Å². The highest BCUT2D eigenvalue weighted by Gasteiger charge is 2.18. The Hall–Kier alpha value is -1.17. The van der Waals surface area contributed by atoms with Crippen LogP contribution < -0.4 is 4.74 Å². The first-order valence-corrected chi connectivity index (χ1v) is 4.28. The van der Waals surface area contributed by atoms with Gasteiger partial charge in [0.15, 0.2) is 0 Å². The Kier molecular flexibility index (Phi) is 3.40. The zero-order valence-electron chi connectivity index (χ0n) is 6.71. The lowest BCUT2D eigenvalue weighted by molar-refractivity contribution is -0.153. The van der Waals surface area contributed by atoms with E-state index in [1.807, 2.05) is 0 Å². The fourth-order valence-electron chi connectivity index (χ4n) is 0.729. The Morgan fingerprint density at radius 3 is 2.79 bits per heavy atom. The summed E-state index contributed by atoms with van der Waals surface area (Å²) in [5.74, 6) is -2.60. The van der Waals surface area contributed by atoms with Crippen LogP contribution in [0.25, 0.3) is 0 Å². The van der Waals surface area contributed by atoms with Crippen molar-refractivity contribution in [3.63, 3.8) is 0 Å². The summed E-state index contributed by atoms with van der Waals surface area (Å²) in [4.78, 5) is 10.1. The van der Waals surface area contributed by atoms with Gasteiger partial charge in [0.25, 0.3) is 0 Å². The van der Waals surface area contributed by atoms with Gasteiger partial charge in [-0.05, 0) is 28.1 Å². The number of aliphatic carboxylic acids is 1. The highest BCUT2D eigenvalue weighted by Crippen LogP contribution is 2.26. The Morgan fingerprint density at radius 1 is 1.57 bits per heavy atom. The minimum atomic E-state index is -2.51. The maximum Gasteiger partial charge on any atom is 0.378 e. The summed E-state index contributed by atoms with van der Waals surface area (Å²) in [6, 6.07) is 3.31. The number of carboxylic acids is 1. The van der Waals surface area contributed by atoms with E-state index in [0.717, 1.165) is 12.1 Å². The lowest BCUT2D eigenvalue weighted by Crippen LogP contribution is -2.21. The second kappa shape index (κ2) is 4.36. The maximum atomic E-state index is 12.6. The van der Waals surface area contributed by atoms with Crippen molar-refractivity contribution < 1.29 is 23.4 Å². The zero-order chi connectivity index (χ0) is 10.7. The van der Waals surface area contributed by atoms with Gasteiger partial charge < -0.3 is 9.84 Å². The van der Waals surface area contributed by atoms with Gasteiger partial charge in [-0.1, -0.05) is 0 Å². The van der Waals surface area contributed by atoms with Gasteiger partial charge in [-0.15, -0.1) is 0 Å². The number of ether oxygens (including phenoxy) is 1. The van der Waals surface area contributed by atoms with Crippen LogP contribution in [0.2, 0.25) is 0 Å². The molecule has 0 amide bonds. The first-order chi connectivity index (χ1) is 6.50. The summed E-state index contributed by atoms with van der Waals surface area (Å²) < 4.78 is 29.8. The second-order valence-electron chi connectivity index (χ2n) is 2.35. The smallest absolute Gasteiger partial charge is 0.378 e. The molecule has 0 saturated carbocycles. The average Bonchev–Trinajstić information content (AvgIpc) is 2.11. The molecule has 0 spiro atoms. The molecule has 1 rings (SSSR count). The molecule has 0 bridgehead atoms. The normalized spacial score (nSPS) is 12.2. The summed E-state index contributed by atoms with van der Waals surface area (Å²) >= 11 is 2.96. The van der Waals surface area contributed by atoms with E-state index in [1.54, 1.807) is 0 Å². The molecule has 0 saturated heterocycles. The SMILES string of the molecule is O=C(O)C(F)Oc1cc(F)ccc1Br. The summed E-state index contributed by atoms with van der Waals surface area (Å²) in [6.07, 6.45) is -2.51. The molecule has 14 heavy (non-hydrogen) atoms. The van der Waals surface area contributed by atoms with Crippen LogP contribution in [-0.4, -0.2) is 17.4 Å². The molecule has 1 aromatic carbocycles. The van der Waals surface area contributed by atoms with Crippen LogP contribution in [0, 0.1) is 5.82 Å². The predicted octanol–water partition coefficient (Wildman–Crippen LogP) is 2.35. The number of carbonyl (C=O) groups is 1. The van der Waals surface area contributed by atoms with Crippen LogP contribution in [0.1, 0.15) is 0 Å². The van der Waals surface area contributed by atoms with E-state index in [4.69, 9.17) is 5.11 Å². The van der Waals surface area contributed by atoms with E-state index < -0.39 is 18.1 Å². The van der Waals surface area contributed by atoms with Crippen molar-refractivity contribution in [1.82, 2.24) is 0 Å². The van der Waals surface area contributed by atoms with Crippen LogP contribution in [0.5, 0.6) is 5.75 Å². The first-order valence-electron chi connectivity index (χ1n) is 3.49. The van der Waals surface area contributed by atoms with Gasteiger partial charge in [0.1, 0.15) is 11.6 Å². The van der Waals surface area contributed by atoms with Gasteiger partial charge in [0.2, 0.25) is 0 Å². The Labute approximate surface area is 86.4 Å². The molecule has 3 nitrogen and oxygen atoms in total. The summed E-state index contributed by atoms with van der Waals surface area (Å²) in [5.41, 5.74) is 0. The molecular formula is C8H5BrF2O3. The molecule has 0 aliphatic carbocycles. The van der Waals surface area contributed by atoms with Crippen LogP contribution in [0.3, 0.4) is 0 Å². The minimum Gasteiger partial charge on any atom is -0.476 e. The van der Waals surface area contributed by atoms with E-state index in [0.29, 0.717) is 0 Å². The van der Waals surface area contributed by atoms with Crippen LogP contribution in [0.4, 0.5) is 8.78 Å². The lowest BCUT2D eigenvalue weighted by atomic mass is 10.3. The molecule has 6 heteroatoms. The largest absolute Gasteiger partial charge is 0.476 e. The van der Waals surface area contributed by atoms with Crippen molar-refractivity contribution in [2.45, 2.75) is 6.36 Å². The Balaban J connectivity index is 2.85. The monoisotopic (exact) mass is 266 g/mol. The summed E-state index contributed by atoms with van der Waals surface area (Å²) in [5, 5.41) is 8.19. The van der Waals surface area contributed by atoms with Gasteiger partial charge in [-0.3, -0.25) is 0 Å². The lowest BCUT2D eigenvalue weighted by Gasteiger charge is -2.08. The quantitative estimate of drug-likeness (QED) is 0.914. The third-order valence-electron chi connectivity index (χ3n) is 1.32. The van der Waals surface area contributed by atoms with E-state index in [2.05, 4.69) is 20.7 Å². The molecule has 1 aromatic rings. The van der Waals surface area contributed by atoms with Gasteiger partial charge in [0, 0.05) is 6.07 Å². The van der Waals surface area contributed by atoms with Gasteiger partial charge in [-0.25, -0.2) is 9.18 Å². The third kappa shape index (κ3) is 2.66. The van der Waals surface area contributed by atoms with Crippen molar-refractivity contribution >= 4 is 21.9 Å². The molecular weight excluding hydrogens is 262 g/mol. The van der Waals surface area contributed by atoms with Crippen LogP contribution in [-0.2, 0) is 4.79 Å². The van der Waals surface area contributed by atoms with E-state index >= 15 is 0 Å². The number of hydrogen-bond donors (Lipinski definition) is 1. The topological polar surface area (TPSA) is 46.5 Å². The molecule has 0 fully saturated rings. The van der Waals surface area contributed by atoms with E-state index in [-0.39, 0.29) is 10.2 Å². The molecule has 0 aliphatic rings. The number of alkyl halides is 1. The standard InChI is InChI=1S/C8H5BrF2O3/c9-5-2-1-4(10)3-6(5)14-7(11)8(12)13/h1-3,7H,(H,12,13). The molecule has 0 aliphatic heterocycles. The van der Waals surface area contributed by atoms with Crippen molar-refractivity contribution in [3.05, 3.63) is 28.5 Å². The second-order valence-corrected chi connectivity index (χ2v) is 3.20. The van der Waals surface area contributed by atoms with Crippen molar-refractivity contribution in [1.29, 1.82) is 0 Å². The number of benzene rings is 1. The molecule has 0 aromatic heterocycles. The number of carboxylic acid groups (broad SMARTS) is 1. The highest BCUT2D eigenvalue weighted by atomic mass is 79.9. The van der Waals surface area contributed by atoms with Gasteiger partial charge in [-0.2, -0.15) is 4.39 Å². The molecule has 0 heterocycles. The van der Waals surface area contributed by atoms with Crippen LogP contribution >= 0.6 is 15.9 Å². The molecule has 1 atom stereocenters. The third-order valence-corrected chi connectivity index (χ3v) is 1.97. The summed E-state index contributed by atoms with van der Waals surface area (Å²) in [7, 11) is 0. The molecule has 1 unspecified atom stereocenters. The molecule has 0 radical (unpaired) electrons. The van der Waals surface area contributed by atoms with Crippen LogP contribution in [0.15, 0.2) is 22.7 Å².